The molecule has 0 spiro atoms. The highest BCUT2D eigenvalue weighted by molar-refractivity contribution is 5.17. The third-order valence-electron chi connectivity index (χ3n) is 4.84. The molecule has 2 fully saturated rings. The van der Waals surface area contributed by atoms with E-state index in [0.717, 1.165) is 37.5 Å². The first-order chi connectivity index (χ1) is 9.86. The van der Waals surface area contributed by atoms with Gasteiger partial charge in [-0.3, -0.25) is 4.90 Å². The lowest BCUT2D eigenvalue weighted by atomic mass is 9.94. The predicted octanol–water partition coefficient (Wildman–Crippen LogP) is 3.69. The minimum atomic E-state index is 0.744. The molecule has 2 aliphatic carbocycles. The highest BCUT2D eigenvalue weighted by Gasteiger charge is 2.23. The average molecular weight is 276 g/mol. The Labute approximate surface area is 122 Å². The monoisotopic (exact) mass is 276 g/mol. The fourth-order valence-electron chi connectivity index (χ4n) is 3.35. The van der Waals surface area contributed by atoms with Crippen LogP contribution in [0.1, 0.15) is 63.2 Å². The van der Waals surface area contributed by atoms with Gasteiger partial charge in [0.05, 0.1) is 12.8 Å². The summed E-state index contributed by atoms with van der Waals surface area (Å²) in [6.07, 6.45) is 11.5. The molecular formula is C17H28N2O. The molecule has 0 unspecified atom stereocenters. The second kappa shape index (κ2) is 6.77. The van der Waals surface area contributed by atoms with Crippen LogP contribution in [0.25, 0.3) is 0 Å². The number of furan rings is 1. The molecule has 0 radical (unpaired) electrons. The van der Waals surface area contributed by atoms with Crippen LogP contribution >= 0.6 is 0 Å². The number of hydrogen-bond donors (Lipinski definition) is 1. The normalized spacial score (nSPS) is 20.7. The van der Waals surface area contributed by atoms with E-state index in [-0.39, 0.29) is 0 Å². The van der Waals surface area contributed by atoms with E-state index in [0.29, 0.717) is 0 Å². The summed E-state index contributed by atoms with van der Waals surface area (Å²) in [4.78, 5) is 2.64. The van der Waals surface area contributed by atoms with E-state index < -0.39 is 0 Å². The van der Waals surface area contributed by atoms with Gasteiger partial charge in [-0.1, -0.05) is 26.2 Å². The molecule has 0 amide bonds. The average Bonchev–Trinajstić information content (AvgIpc) is 3.22. The van der Waals surface area contributed by atoms with Crippen LogP contribution in [0.3, 0.4) is 0 Å². The minimum absolute atomic E-state index is 0.744. The van der Waals surface area contributed by atoms with Crippen LogP contribution in [0.2, 0.25) is 0 Å². The first-order valence-electron chi connectivity index (χ1n) is 8.39. The molecule has 1 heterocycles. The summed E-state index contributed by atoms with van der Waals surface area (Å²) in [6, 6.07) is 3.69. The fraction of sp³-hybridized carbons (Fsp3) is 0.765. The van der Waals surface area contributed by atoms with E-state index in [9.17, 15) is 0 Å². The Kier molecular flexibility index (Phi) is 4.79. The van der Waals surface area contributed by atoms with Gasteiger partial charge < -0.3 is 9.73 Å². The second-order valence-corrected chi connectivity index (χ2v) is 6.38. The lowest BCUT2D eigenvalue weighted by Crippen LogP contribution is -2.36. The third-order valence-corrected chi connectivity index (χ3v) is 4.84. The first-order valence-corrected chi connectivity index (χ1v) is 8.39. The SMILES string of the molecule is CCN(Cc1ccoc1CNC1CC1)C1CCCCC1. The number of nitrogens with zero attached hydrogens (tertiary/aromatic N) is 1. The highest BCUT2D eigenvalue weighted by atomic mass is 16.3. The third kappa shape index (κ3) is 3.64. The molecule has 0 saturated heterocycles. The van der Waals surface area contributed by atoms with Gasteiger partial charge in [-0.2, -0.15) is 0 Å². The van der Waals surface area contributed by atoms with Gasteiger partial charge in [-0.05, 0) is 38.3 Å². The molecule has 0 aliphatic heterocycles. The summed E-state index contributed by atoms with van der Waals surface area (Å²) in [5.41, 5.74) is 1.38. The summed E-state index contributed by atoms with van der Waals surface area (Å²) < 4.78 is 5.69. The molecule has 1 N–H and O–H groups in total. The Morgan fingerprint density at radius 2 is 2.00 bits per heavy atom. The minimum Gasteiger partial charge on any atom is -0.468 e. The standard InChI is InChI=1S/C17H28N2O/c1-2-19(16-6-4-3-5-7-16)13-14-10-11-20-17(14)12-18-15-8-9-15/h10-11,15-16,18H,2-9,12-13H2,1H3. The van der Waals surface area contributed by atoms with Crippen LogP contribution in [0.5, 0.6) is 0 Å². The van der Waals surface area contributed by atoms with Crippen molar-refractivity contribution in [2.24, 2.45) is 0 Å². The Bertz CT molecular complexity index is 405. The summed E-state index contributed by atoms with van der Waals surface area (Å²) >= 11 is 0. The Hall–Kier alpha value is -0.800. The zero-order chi connectivity index (χ0) is 13.8. The first kappa shape index (κ1) is 14.2. The lowest BCUT2D eigenvalue weighted by molar-refractivity contribution is 0.155. The van der Waals surface area contributed by atoms with Crippen LogP contribution in [0.4, 0.5) is 0 Å². The topological polar surface area (TPSA) is 28.4 Å². The van der Waals surface area contributed by atoms with Gasteiger partial charge in [-0.15, -0.1) is 0 Å². The van der Waals surface area contributed by atoms with E-state index in [4.69, 9.17) is 4.42 Å². The van der Waals surface area contributed by atoms with E-state index in [1.165, 1.54) is 50.5 Å². The van der Waals surface area contributed by atoms with Crippen LogP contribution < -0.4 is 5.32 Å². The van der Waals surface area contributed by atoms with Crippen molar-refractivity contribution >= 4 is 0 Å². The predicted molar refractivity (Wildman–Crippen MR) is 81.5 cm³/mol. The molecule has 1 aromatic rings. The van der Waals surface area contributed by atoms with Crippen molar-refractivity contribution in [1.29, 1.82) is 0 Å². The molecule has 1 aromatic heterocycles. The van der Waals surface area contributed by atoms with Gasteiger partial charge in [-0.25, -0.2) is 0 Å². The molecule has 112 valence electrons. The van der Waals surface area contributed by atoms with Crippen molar-refractivity contribution in [1.82, 2.24) is 10.2 Å². The maximum absolute atomic E-state index is 5.69. The lowest BCUT2D eigenvalue weighted by Gasteiger charge is -2.33. The zero-order valence-electron chi connectivity index (χ0n) is 12.7. The summed E-state index contributed by atoms with van der Waals surface area (Å²) in [6.45, 7) is 5.39. The van der Waals surface area contributed by atoms with Gasteiger partial charge in [0.2, 0.25) is 0 Å². The van der Waals surface area contributed by atoms with Gasteiger partial charge >= 0.3 is 0 Å². The Morgan fingerprint density at radius 1 is 1.20 bits per heavy atom. The van der Waals surface area contributed by atoms with E-state index >= 15 is 0 Å². The molecule has 0 atom stereocenters. The molecule has 2 aliphatic rings. The summed E-state index contributed by atoms with van der Waals surface area (Å²) in [5.74, 6) is 1.14. The smallest absolute Gasteiger partial charge is 0.122 e. The van der Waals surface area contributed by atoms with Gasteiger partial charge in [0, 0.05) is 24.2 Å². The number of rotatable bonds is 7. The number of nitrogens with one attached hydrogen (secondary N) is 1. The molecule has 2 saturated carbocycles. The Balaban J connectivity index is 1.58. The molecule has 3 rings (SSSR count). The largest absolute Gasteiger partial charge is 0.468 e. The quantitative estimate of drug-likeness (QED) is 0.823. The summed E-state index contributed by atoms with van der Waals surface area (Å²) in [7, 11) is 0. The van der Waals surface area contributed by atoms with Gasteiger partial charge in [0.15, 0.2) is 0 Å². The van der Waals surface area contributed by atoms with E-state index in [2.05, 4.69) is 23.2 Å². The van der Waals surface area contributed by atoms with Gasteiger partial charge in [0.1, 0.15) is 5.76 Å². The van der Waals surface area contributed by atoms with Crippen LogP contribution in [-0.4, -0.2) is 23.5 Å². The van der Waals surface area contributed by atoms with Crippen LogP contribution in [0.15, 0.2) is 16.7 Å². The van der Waals surface area contributed by atoms with Gasteiger partial charge in [0.25, 0.3) is 0 Å². The van der Waals surface area contributed by atoms with Crippen molar-refractivity contribution in [2.45, 2.75) is 77.0 Å². The Morgan fingerprint density at radius 3 is 2.70 bits per heavy atom. The highest BCUT2D eigenvalue weighted by Crippen LogP contribution is 2.25. The number of hydrogen-bond acceptors (Lipinski definition) is 3. The molecule has 0 bridgehead atoms. The maximum atomic E-state index is 5.69. The molecule has 20 heavy (non-hydrogen) atoms. The van der Waals surface area contributed by atoms with E-state index in [1.807, 2.05) is 6.26 Å². The molecular weight excluding hydrogens is 248 g/mol. The maximum Gasteiger partial charge on any atom is 0.122 e. The molecule has 3 nitrogen and oxygen atoms in total. The van der Waals surface area contributed by atoms with Crippen LogP contribution in [0, 0.1) is 0 Å². The fourth-order valence-corrected chi connectivity index (χ4v) is 3.35. The summed E-state index contributed by atoms with van der Waals surface area (Å²) in [5, 5.41) is 3.56. The van der Waals surface area contributed by atoms with Crippen molar-refractivity contribution in [2.75, 3.05) is 6.54 Å². The zero-order valence-corrected chi connectivity index (χ0v) is 12.7. The van der Waals surface area contributed by atoms with Crippen molar-refractivity contribution in [3.05, 3.63) is 23.7 Å². The van der Waals surface area contributed by atoms with Crippen molar-refractivity contribution in [3.8, 4) is 0 Å². The van der Waals surface area contributed by atoms with Crippen molar-refractivity contribution in [3.63, 3.8) is 0 Å². The van der Waals surface area contributed by atoms with Crippen LogP contribution in [-0.2, 0) is 13.1 Å². The van der Waals surface area contributed by atoms with E-state index in [1.54, 1.807) is 0 Å². The molecule has 0 aromatic carbocycles. The second-order valence-electron chi connectivity index (χ2n) is 6.38. The molecule has 3 heteroatoms. The van der Waals surface area contributed by atoms with Crippen molar-refractivity contribution < 1.29 is 4.42 Å².